The lowest BCUT2D eigenvalue weighted by Crippen LogP contribution is -2.29. The Morgan fingerprint density at radius 2 is 2.30 bits per heavy atom. The van der Waals surface area contributed by atoms with E-state index >= 15 is 0 Å². The monoisotopic (exact) mass is 329 g/mol. The Morgan fingerprint density at radius 3 is 3.09 bits per heavy atom. The van der Waals surface area contributed by atoms with Crippen molar-refractivity contribution < 1.29 is 9.53 Å². The fraction of sp³-hybridized carbons (Fsp3) is 0.294. The van der Waals surface area contributed by atoms with Crippen molar-refractivity contribution in [1.82, 2.24) is 14.9 Å². The average Bonchev–Trinajstić information content (AvgIpc) is 3.20. The topological polar surface area (TPSA) is 56.1 Å². The highest BCUT2D eigenvalue weighted by atomic mass is 32.1. The van der Waals surface area contributed by atoms with E-state index in [9.17, 15) is 4.79 Å². The van der Waals surface area contributed by atoms with Crippen LogP contribution in [0.2, 0.25) is 0 Å². The molecule has 5 nitrogen and oxygen atoms in total. The van der Waals surface area contributed by atoms with Crippen LogP contribution in [-0.2, 0) is 16.1 Å². The molecule has 0 saturated carbocycles. The predicted octanol–water partition coefficient (Wildman–Crippen LogP) is 2.92. The van der Waals surface area contributed by atoms with Gasteiger partial charge in [0.05, 0.1) is 10.6 Å². The molecule has 1 N–H and O–H groups in total. The van der Waals surface area contributed by atoms with Crippen LogP contribution in [0.5, 0.6) is 0 Å². The number of pyridine rings is 1. The van der Waals surface area contributed by atoms with Gasteiger partial charge in [0.15, 0.2) is 0 Å². The molecule has 6 heteroatoms. The molecule has 23 heavy (non-hydrogen) atoms. The molecule has 0 saturated heterocycles. The van der Waals surface area contributed by atoms with E-state index in [1.165, 1.54) is 0 Å². The van der Waals surface area contributed by atoms with Crippen LogP contribution in [0.4, 0.5) is 0 Å². The van der Waals surface area contributed by atoms with Gasteiger partial charge in [0.25, 0.3) is 0 Å². The van der Waals surface area contributed by atoms with Gasteiger partial charge in [-0.3, -0.25) is 4.79 Å². The Bertz CT molecular complexity index is 780. The molecule has 1 amide bonds. The minimum Gasteiger partial charge on any atom is -0.385 e. The molecule has 0 atom stereocenters. The predicted molar refractivity (Wildman–Crippen MR) is 92.5 cm³/mol. The molecule has 0 unspecified atom stereocenters. The number of nitrogens with zero attached hydrogens (tertiary/aromatic N) is 2. The van der Waals surface area contributed by atoms with Gasteiger partial charge in [0, 0.05) is 31.8 Å². The molecule has 0 radical (unpaired) electrons. The van der Waals surface area contributed by atoms with Gasteiger partial charge in [0.2, 0.25) is 5.91 Å². The summed E-state index contributed by atoms with van der Waals surface area (Å²) in [4.78, 5) is 17.8. The maximum absolute atomic E-state index is 12.2. The van der Waals surface area contributed by atoms with E-state index in [0.29, 0.717) is 13.2 Å². The van der Waals surface area contributed by atoms with Crippen LogP contribution in [0.1, 0.15) is 6.42 Å². The molecule has 0 aromatic carbocycles. The third-order valence-corrected chi connectivity index (χ3v) is 4.47. The van der Waals surface area contributed by atoms with Crippen LogP contribution in [-0.4, -0.2) is 35.7 Å². The number of fused-ring (bicyclic) bond motifs is 1. The molecule has 0 aliphatic rings. The SMILES string of the molecule is COCCCNC(=O)Cn1c(-c2cccs2)cc2cccnc21. The van der Waals surface area contributed by atoms with E-state index in [2.05, 4.69) is 22.4 Å². The average molecular weight is 329 g/mol. The number of aromatic nitrogens is 2. The van der Waals surface area contributed by atoms with E-state index in [4.69, 9.17) is 4.74 Å². The summed E-state index contributed by atoms with van der Waals surface area (Å²) in [5.74, 6) is -0.0120. The second-order valence-corrected chi connectivity index (χ2v) is 6.15. The summed E-state index contributed by atoms with van der Waals surface area (Å²) >= 11 is 1.66. The highest BCUT2D eigenvalue weighted by Crippen LogP contribution is 2.30. The van der Waals surface area contributed by atoms with Crippen LogP contribution in [0, 0.1) is 0 Å². The summed E-state index contributed by atoms with van der Waals surface area (Å²) in [6.07, 6.45) is 2.57. The van der Waals surface area contributed by atoms with Crippen molar-refractivity contribution in [1.29, 1.82) is 0 Å². The summed E-state index contributed by atoms with van der Waals surface area (Å²) in [7, 11) is 1.66. The van der Waals surface area contributed by atoms with Crippen molar-refractivity contribution in [3.8, 4) is 10.6 Å². The molecule has 0 aliphatic carbocycles. The Morgan fingerprint density at radius 1 is 1.39 bits per heavy atom. The van der Waals surface area contributed by atoms with Gasteiger partial charge in [-0.1, -0.05) is 6.07 Å². The third kappa shape index (κ3) is 3.60. The number of methoxy groups -OCH3 is 1. The van der Waals surface area contributed by atoms with E-state index in [0.717, 1.165) is 28.0 Å². The number of carbonyl (C=O) groups is 1. The summed E-state index contributed by atoms with van der Waals surface area (Å²) in [5, 5.41) is 6.01. The molecule has 3 aromatic rings. The van der Waals surface area contributed by atoms with Crippen molar-refractivity contribution in [2.24, 2.45) is 0 Å². The number of hydrogen-bond donors (Lipinski definition) is 1. The van der Waals surface area contributed by atoms with Gasteiger partial charge in [-0.05, 0) is 36.1 Å². The fourth-order valence-corrected chi connectivity index (χ4v) is 3.27. The number of rotatable bonds is 7. The molecule has 3 aromatic heterocycles. The molecule has 120 valence electrons. The summed E-state index contributed by atoms with van der Waals surface area (Å²) in [6, 6.07) is 10.1. The van der Waals surface area contributed by atoms with E-state index in [-0.39, 0.29) is 12.5 Å². The smallest absolute Gasteiger partial charge is 0.240 e. The normalized spacial score (nSPS) is 11.0. The molecule has 3 rings (SSSR count). The first-order valence-electron chi connectivity index (χ1n) is 7.53. The van der Waals surface area contributed by atoms with Crippen molar-refractivity contribution in [2.75, 3.05) is 20.3 Å². The lowest BCUT2D eigenvalue weighted by Gasteiger charge is -2.10. The van der Waals surface area contributed by atoms with Crippen LogP contribution in [0.15, 0.2) is 41.9 Å². The van der Waals surface area contributed by atoms with E-state index in [1.807, 2.05) is 28.1 Å². The van der Waals surface area contributed by atoms with Crippen LogP contribution in [0.25, 0.3) is 21.6 Å². The fourth-order valence-electron chi connectivity index (χ4n) is 2.52. The minimum absolute atomic E-state index is 0.0120. The first-order valence-corrected chi connectivity index (χ1v) is 8.41. The lowest BCUT2D eigenvalue weighted by molar-refractivity contribution is -0.121. The van der Waals surface area contributed by atoms with Gasteiger partial charge < -0.3 is 14.6 Å². The minimum atomic E-state index is -0.0120. The van der Waals surface area contributed by atoms with Gasteiger partial charge in [-0.2, -0.15) is 0 Å². The Kier molecular flexibility index (Phi) is 5.05. The zero-order chi connectivity index (χ0) is 16.1. The van der Waals surface area contributed by atoms with Gasteiger partial charge >= 0.3 is 0 Å². The number of carbonyl (C=O) groups excluding carboxylic acids is 1. The lowest BCUT2D eigenvalue weighted by atomic mass is 10.3. The zero-order valence-corrected chi connectivity index (χ0v) is 13.8. The highest BCUT2D eigenvalue weighted by molar-refractivity contribution is 7.13. The van der Waals surface area contributed by atoms with Gasteiger partial charge in [-0.25, -0.2) is 4.98 Å². The van der Waals surface area contributed by atoms with Crippen molar-refractivity contribution in [3.63, 3.8) is 0 Å². The molecular weight excluding hydrogens is 310 g/mol. The largest absolute Gasteiger partial charge is 0.385 e. The number of nitrogens with one attached hydrogen (secondary N) is 1. The standard InChI is InChI=1S/C17H19N3O2S/c1-22-9-4-8-18-16(21)12-20-14(15-6-3-10-23-15)11-13-5-2-7-19-17(13)20/h2-3,5-7,10-11H,4,8-9,12H2,1H3,(H,18,21). The van der Waals surface area contributed by atoms with Crippen LogP contribution >= 0.6 is 11.3 Å². The van der Waals surface area contributed by atoms with Crippen molar-refractivity contribution in [3.05, 3.63) is 41.9 Å². The highest BCUT2D eigenvalue weighted by Gasteiger charge is 2.14. The quantitative estimate of drug-likeness (QED) is 0.678. The zero-order valence-electron chi connectivity index (χ0n) is 13.0. The Hall–Kier alpha value is -2.18. The maximum Gasteiger partial charge on any atom is 0.240 e. The second-order valence-electron chi connectivity index (χ2n) is 5.21. The number of amides is 1. The van der Waals surface area contributed by atoms with Crippen LogP contribution < -0.4 is 5.32 Å². The molecule has 0 aliphatic heterocycles. The molecule has 3 heterocycles. The molecule has 0 fully saturated rings. The number of hydrogen-bond acceptors (Lipinski definition) is 4. The summed E-state index contributed by atoms with van der Waals surface area (Å²) in [5.41, 5.74) is 1.86. The van der Waals surface area contributed by atoms with Gasteiger partial charge in [-0.15, -0.1) is 11.3 Å². The number of thiophene rings is 1. The van der Waals surface area contributed by atoms with E-state index < -0.39 is 0 Å². The first kappa shape index (κ1) is 15.7. The maximum atomic E-state index is 12.2. The van der Waals surface area contributed by atoms with Crippen molar-refractivity contribution >= 4 is 28.3 Å². The summed E-state index contributed by atoms with van der Waals surface area (Å²) < 4.78 is 6.97. The third-order valence-electron chi connectivity index (χ3n) is 3.58. The Balaban J connectivity index is 1.84. The molecule has 0 spiro atoms. The van der Waals surface area contributed by atoms with Gasteiger partial charge in [0.1, 0.15) is 12.2 Å². The first-order chi connectivity index (χ1) is 11.3. The molecular formula is C17H19N3O2S. The Labute approximate surface area is 138 Å². The molecule has 0 bridgehead atoms. The van der Waals surface area contributed by atoms with Crippen molar-refractivity contribution in [2.45, 2.75) is 13.0 Å². The summed E-state index contributed by atoms with van der Waals surface area (Å²) in [6.45, 7) is 1.53. The van der Waals surface area contributed by atoms with E-state index in [1.54, 1.807) is 24.6 Å². The second kappa shape index (κ2) is 7.39. The van der Waals surface area contributed by atoms with Crippen LogP contribution in [0.3, 0.4) is 0 Å². The number of ether oxygens (including phenoxy) is 1.